The molecule has 6 amide bonds. The summed E-state index contributed by atoms with van der Waals surface area (Å²) in [7, 11) is 1.69. The van der Waals surface area contributed by atoms with Gasteiger partial charge in [0, 0.05) is 92.4 Å². The van der Waals surface area contributed by atoms with Crippen LogP contribution in [0.1, 0.15) is 129 Å². The van der Waals surface area contributed by atoms with Crippen LogP contribution in [0, 0.1) is 36.4 Å². The van der Waals surface area contributed by atoms with Crippen molar-refractivity contribution in [2.45, 2.75) is 135 Å². The molecule has 0 unspecified atom stereocenters. The molecule has 0 radical (unpaired) electrons. The smallest absolute Gasteiger partial charge is 0.343 e. The van der Waals surface area contributed by atoms with Crippen LogP contribution in [0.3, 0.4) is 0 Å². The average Bonchev–Trinajstić information content (AvgIpc) is 1.46. The molecule has 610 valence electrons. The average molecular weight is 1560 g/mol. The Morgan fingerprint density at radius 1 is 0.670 bits per heavy atom. The van der Waals surface area contributed by atoms with E-state index in [2.05, 4.69) is 16.0 Å². The maximum absolute atomic E-state index is 15.7. The van der Waals surface area contributed by atoms with Crippen LogP contribution in [0.15, 0.2) is 59.4 Å². The molecule has 10 rings (SSSR count). The first-order valence-corrected chi connectivity index (χ1v) is 39.1. The van der Waals surface area contributed by atoms with Crippen molar-refractivity contribution in [3.8, 4) is 11.4 Å². The number of cyclic esters (lactones) is 1. The van der Waals surface area contributed by atoms with E-state index in [1.807, 2.05) is 18.2 Å². The van der Waals surface area contributed by atoms with Crippen LogP contribution in [0.2, 0.25) is 0 Å². The Morgan fingerprint density at radius 3 is 1.86 bits per heavy atom. The van der Waals surface area contributed by atoms with Gasteiger partial charge in [0.15, 0.2) is 23.0 Å². The molecule has 31 heteroatoms. The molecule has 0 spiro atoms. The molecular formula is C81H106FN7O23. The van der Waals surface area contributed by atoms with Crippen molar-refractivity contribution in [2.24, 2.45) is 23.7 Å². The molecule has 0 saturated heterocycles. The number of aryl methyl sites for hydroxylation is 1. The molecule has 3 aliphatic heterocycles. The molecule has 4 atom stereocenters. The van der Waals surface area contributed by atoms with Gasteiger partial charge in [-0.2, -0.15) is 0 Å². The summed E-state index contributed by atoms with van der Waals surface area (Å²) in [6.45, 7) is 8.98. The highest BCUT2D eigenvalue weighted by Gasteiger charge is 2.47. The number of carbonyl (C=O) groups excluding carboxylic acids is 10. The molecule has 112 heavy (non-hydrogen) atoms. The number of ketones is 3. The van der Waals surface area contributed by atoms with Crippen LogP contribution in [-0.4, -0.2) is 248 Å². The number of ether oxygens (including phenoxy) is 11. The number of halogens is 1. The second kappa shape index (κ2) is 43.1. The number of aromatic nitrogens is 2. The van der Waals surface area contributed by atoms with Gasteiger partial charge in [0.2, 0.25) is 17.7 Å². The summed E-state index contributed by atoms with van der Waals surface area (Å²) in [6, 6.07) is 11.4. The van der Waals surface area contributed by atoms with E-state index in [4.69, 9.17) is 57.1 Å². The summed E-state index contributed by atoms with van der Waals surface area (Å²) >= 11 is 0. The van der Waals surface area contributed by atoms with E-state index in [-0.39, 0.29) is 155 Å². The van der Waals surface area contributed by atoms with Crippen molar-refractivity contribution in [2.75, 3.05) is 159 Å². The largest absolute Gasteiger partial charge is 0.458 e. The number of pyridine rings is 2. The van der Waals surface area contributed by atoms with E-state index < -0.39 is 58.6 Å². The van der Waals surface area contributed by atoms with Crippen LogP contribution in [-0.2, 0) is 132 Å². The summed E-state index contributed by atoms with van der Waals surface area (Å²) in [5.41, 5.74) is 2.25. The first-order valence-electron chi connectivity index (χ1n) is 39.1. The third kappa shape index (κ3) is 23.8. The normalized spacial score (nSPS) is 18.7. The molecule has 3 aliphatic carbocycles. The van der Waals surface area contributed by atoms with Crippen LogP contribution < -0.4 is 21.5 Å². The van der Waals surface area contributed by atoms with Crippen molar-refractivity contribution < 1.29 is 110 Å². The summed E-state index contributed by atoms with van der Waals surface area (Å²) in [4.78, 5) is 152. The minimum Gasteiger partial charge on any atom is -0.458 e. The van der Waals surface area contributed by atoms with Crippen molar-refractivity contribution in [1.29, 1.82) is 0 Å². The van der Waals surface area contributed by atoms with Gasteiger partial charge >= 0.3 is 5.97 Å². The maximum Gasteiger partial charge on any atom is 0.343 e. The third-order valence-corrected chi connectivity index (χ3v) is 21.2. The summed E-state index contributed by atoms with van der Waals surface area (Å²) in [6.07, 6.45) is 6.48. The quantitative estimate of drug-likeness (QED) is 0.0241. The Kier molecular flexibility index (Phi) is 33.1. The molecule has 4 N–H and O–H groups in total. The molecular weight excluding hydrogens is 1460 g/mol. The molecule has 2 saturated carbocycles. The monoisotopic (exact) mass is 1560 g/mol. The SMILES string of the molecule is CC[C@@]1(O)C(=O)OCc2c1cc1n(c2=O)Cc2c-1nc1cc(F)c(C)c3c1c2[C@@H](N(C)C(=O)[C@@H](OCCC(=O)CNC(=O)[C@H](CC(=O)CNC(=O)CCC(=O)COCCOCCOCCOCCOCCOCCOCCOCCOCCNC(=O)C1CCC(CN2C(=O)C=CC2=O)CC1)Cc1ccccc1)C1CC1)CC3. The van der Waals surface area contributed by atoms with E-state index in [0.29, 0.717) is 158 Å². The number of likely N-dealkylation sites (N-methyl/N-ethyl adjacent to an activating group) is 1. The number of nitrogens with one attached hydrogen (secondary N) is 3. The number of amides is 6. The van der Waals surface area contributed by atoms with Gasteiger partial charge in [0.25, 0.3) is 23.3 Å². The summed E-state index contributed by atoms with van der Waals surface area (Å²) in [5.74, 6) is -5.20. The Balaban J connectivity index is 0.520. The second-order valence-corrected chi connectivity index (χ2v) is 29.0. The number of imide groups is 1. The molecule has 2 aromatic carbocycles. The Bertz CT molecular complexity index is 4030. The van der Waals surface area contributed by atoms with Crippen molar-refractivity contribution in [3.05, 3.63) is 110 Å². The van der Waals surface area contributed by atoms with Crippen molar-refractivity contribution >= 4 is 69.7 Å². The van der Waals surface area contributed by atoms with Gasteiger partial charge in [-0.1, -0.05) is 37.3 Å². The number of hydrogen-bond donors (Lipinski definition) is 4. The topological polar surface area (TPSA) is 370 Å². The lowest BCUT2D eigenvalue weighted by Crippen LogP contribution is -2.44. The van der Waals surface area contributed by atoms with Gasteiger partial charge in [-0.15, -0.1) is 0 Å². The van der Waals surface area contributed by atoms with Gasteiger partial charge in [-0.25, -0.2) is 14.2 Å². The van der Waals surface area contributed by atoms with Gasteiger partial charge in [0.05, 0.1) is 167 Å². The van der Waals surface area contributed by atoms with E-state index in [0.717, 1.165) is 55.2 Å². The molecule has 2 aromatic heterocycles. The van der Waals surface area contributed by atoms with E-state index >= 15 is 4.39 Å². The lowest BCUT2D eigenvalue weighted by atomic mass is 9.81. The number of aliphatic hydroxyl groups is 1. The lowest BCUT2D eigenvalue weighted by Gasteiger charge is -2.36. The first-order chi connectivity index (χ1) is 54.2. The highest BCUT2D eigenvalue weighted by molar-refractivity contribution is 6.13. The predicted octanol–water partition coefficient (Wildman–Crippen LogP) is 4.12. The Morgan fingerprint density at radius 2 is 1.26 bits per heavy atom. The number of fused-ring (bicyclic) bond motifs is 5. The number of nitrogens with zero attached hydrogens (tertiary/aromatic N) is 4. The van der Waals surface area contributed by atoms with Crippen molar-refractivity contribution in [1.82, 2.24) is 35.3 Å². The number of benzene rings is 2. The van der Waals surface area contributed by atoms with Crippen LogP contribution in [0.4, 0.5) is 4.39 Å². The summed E-state index contributed by atoms with van der Waals surface area (Å²) < 4.78 is 78.4. The zero-order chi connectivity index (χ0) is 79.5. The molecule has 30 nitrogen and oxygen atoms in total. The zero-order valence-corrected chi connectivity index (χ0v) is 64.3. The fraction of sp³-hybridized carbons (Fsp3) is 0.605. The minimum absolute atomic E-state index is 0.00819. The van der Waals surface area contributed by atoms with E-state index in [1.54, 1.807) is 44.0 Å². The number of esters is 1. The molecule has 6 aliphatic rings. The minimum atomic E-state index is -2.06. The summed E-state index contributed by atoms with van der Waals surface area (Å²) in [5, 5.41) is 20.4. The Hall–Kier alpha value is -8.47. The van der Waals surface area contributed by atoms with E-state index in [9.17, 15) is 57.8 Å². The predicted molar refractivity (Wildman–Crippen MR) is 400 cm³/mol. The third-order valence-electron chi connectivity index (χ3n) is 21.2. The first kappa shape index (κ1) is 85.9. The van der Waals surface area contributed by atoms with Gasteiger partial charge in [-0.3, -0.25) is 52.8 Å². The molecule has 5 heterocycles. The number of carbonyl (C=O) groups is 10. The highest BCUT2D eigenvalue weighted by Crippen LogP contribution is 2.48. The fourth-order valence-corrected chi connectivity index (χ4v) is 14.7. The van der Waals surface area contributed by atoms with Crippen LogP contribution in [0.25, 0.3) is 22.3 Å². The van der Waals surface area contributed by atoms with Crippen molar-refractivity contribution in [3.63, 3.8) is 0 Å². The van der Waals surface area contributed by atoms with E-state index in [1.165, 1.54) is 27.7 Å². The lowest BCUT2D eigenvalue weighted by molar-refractivity contribution is -0.172. The van der Waals surface area contributed by atoms with Gasteiger partial charge in [-0.05, 0) is 111 Å². The maximum atomic E-state index is 15.7. The van der Waals surface area contributed by atoms with Crippen LogP contribution in [0.5, 0.6) is 0 Å². The van der Waals surface area contributed by atoms with Gasteiger partial charge in [0.1, 0.15) is 25.1 Å². The standard InChI is InChI=1S/C81H106FN7O23/c1-4-81(101)64-44-68-74-62(49-88(68)78(98)63(64)51-112-80(81)100)73-67(18-17-61-52(2)65(82)45-66(86-74)72(61)73)87(3)79(99)75(55-14-15-55)111-24-22-58(90)46-85-77(97)57(42-53-8-6-5-7-9-53)43-60(92)47-84-69(93)19-16-59(91)50-110-41-40-109-39-38-108-37-36-107-35-34-106-33-32-105-31-30-104-29-28-103-27-26-102-25-23-83-76(96)56-12-10-54(11-13-56)48-89-70(94)20-21-71(89)95/h5-9,20-21,44-45,54-57,67,75,101H,4,10-19,22-43,46-51H2,1-3H3,(H,83,96)(H,84,93)(H,85,97)/t54?,56?,57-,67-,75-,81-/m0/s1. The molecule has 4 aromatic rings. The van der Waals surface area contributed by atoms with Gasteiger partial charge < -0.3 is 82.6 Å². The number of hydrogen-bond acceptors (Lipinski definition) is 24. The molecule has 2 fully saturated rings. The zero-order valence-electron chi connectivity index (χ0n) is 64.3. The molecule has 0 bridgehead atoms. The number of rotatable bonds is 52. The second-order valence-electron chi connectivity index (χ2n) is 29.0. The van der Waals surface area contributed by atoms with Crippen LogP contribution >= 0.6 is 0 Å². The Labute approximate surface area is 650 Å². The number of Topliss-reactive ketones (excluding diaryl/α,β-unsaturated/α-hetero) is 3. The fourth-order valence-electron chi connectivity index (χ4n) is 14.7. The highest BCUT2D eigenvalue weighted by atomic mass is 19.1.